The third-order valence-electron chi connectivity index (χ3n) is 3.62. The molecule has 0 aliphatic carbocycles. The molecular formula is C17H15ClFN3O3S. The normalized spacial score (nSPS) is 10.9. The van der Waals surface area contributed by atoms with Gasteiger partial charge in [0.25, 0.3) is 0 Å². The number of anilines is 2. The number of nitrogens with zero attached hydrogens (tertiary/aromatic N) is 2. The third-order valence-corrected chi connectivity index (χ3v) is 5.08. The summed E-state index contributed by atoms with van der Waals surface area (Å²) >= 11 is 7.05. The highest BCUT2D eigenvalue weighted by molar-refractivity contribution is 7.20. The number of aryl methyl sites for hydroxylation is 1. The summed E-state index contributed by atoms with van der Waals surface area (Å²) in [4.78, 5) is 21.8. The van der Waals surface area contributed by atoms with Crippen molar-refractivity contribution >= 4 is 50.6 Å². The first-order valence-electron chi connectivity index (χ1n) is 7.63. The van der Waals surface area contributed by atoms with Gasteiger partial charge in [0.05, 0.1) is 17.0 Å². The van der Waals surface area contributed by atoms with E-state index in [1.807, 2.05) is 0 Å². The zero-order chi connectivity index (χ0) is 18.7. The highest BCUT2D eigenvalue weighted by Gasteiger charge is 2.20. The molecule has 2 heterocycles. The van der Waals surface area contributed by atoms with Gasteiger partial charge in [-0.15, -0.1) is 11.3 Å². The lowest BCUT2D eigenvalue weighted by Crippen LogP contribution is -2.09. The number of rotatable bonds is 6. The van der Waals surface area contributed by atoms with E-state index in [1.165, 1.54) is 36.9 Å². The second-order valence-electron chi connectivity index (χ2n) is 5.34. The molecule has 9 heteroatoms. The first kappa shape index (κ1) is 18.5. The summed E-state index contributed by atoms with van der Waals surface area (Å²) < 4.78 is 23.4. The van der Waals surface area contributed by atoms with E-state index in [0.717, 1.165) is 0 Å². The van der Waals surface area contributed by atoms with E-state index in [0.29, 0.717) is 38.8 Å². The largest absolute Gasteiger partial charge is 0.459 e. The van der Waals surface area contributed by atoms with E-state index in [4.69, 9.17) is 21.1 Å². The maximum atomic E-state index is 13.3. The summed E-state index contributed by atoms with van der Waals surface area (Å²) in [5, 5.41) is 3.80. The number of methoxy groups -OCH3 is 1. The highest BCUT2D eigenvalue weighted by atomic mass is 35.5. The molecule has 0 aliphatic rings. The summed E-state index contributed by atoms with van der Waals surface area (Å²) in [6.07, 6.45) is 1.39. The molecule has 0 fully saturated rings. The molecule has 0 aliphatic heterocycles. The molecule has 0 spiro atoms. The van der Waals surface area contributed by atoms with Gasteiger partial charge in [0.1, 0.15) is 34.3 Å². The molecule has 0 saturated carbocycles. The van der Waals surface area contributed by atoms with E-state index < -0.39 is 11.8 Å². The summed E-state index contributed by atoms with van der Waals surface area (Å²) in [6, 6.07) is 4.28. The fourth-order valence-corrected chi connectivity index (χ4v) is 3.58. The van der Waals surface area contributed by atoms with Gasteiger partial charge in [0.15, 0.2) is 0 Å². The molecule has 1 aromatic carbocycles. The number of thiophene rings is 1. The van der Waals surface area contributed by atoms with Gasteiger partial charge < -0.3 is 14.8 Å². The highest BCUT2D eigenvalue weighted by Crippen LogP contribution is 2.35. The standard InChI is InChI=1S/C17H15ClFN3O3S/c1-9-13-15(22-10-3-4-12(19)11(18)7-10)20-8-21-16(13)26-14(9)17(23)25-6-5-24-2/h3-4,7-8H,5-6H2,1-2H3,(H,20,21,22). The van der Waals surface area contributed by atoms with Crippen molar-refractivity contribution in [3.63, 3.8) is 0 Å². The molecule has 2 aromatic heterocycles. The molecule has 0 saturated heterocycles. The van der Waals surface area contributed by atoms with Crippen LogP contribution in [0, 0.1) is 12.7 Å². The molecule has 26 heavy (non-hydrogen) atoms. The Balaban J connectivity index is 1.94. The van der Waals surface area contributed by atoms with Gasteiger partial charge in [0, 0.05) is 12.8 Å². The van der Waals surface area contributed by atoms with Crippen molar-refractivity contribution < 1.29 is 18.7 Å². The number of halogens is 2. The van der Waals surface area contributed by atoms with Gasteiger partial charge in [-0.25, -0.2) is 19.2 Å². The number of fused-ring (bicyclic) bond motifs is 1. The lowest BCUT2D eigenvalue weighted by atomic mass is 10.2. The zero-order valence-electron chi connectivity index (χ0n) is 14.0. The third kappa shape index (κ3) is 3.77. The first-order chi connectivity index (χ1) is 12.5. The monoisotopic (exact) mass is 395 g/mol. The Hall–Kier alpha value is -2.29. The molecule has 0 unspecified atom stereocenters. The van der Waals surface area contributed by atoms with E-state index in [-0.39, 0.29) is 11.6 Å². The maximum absolute atomic E-state index is 13.3. The van der Waals surface area contributed by atoms with Crippen LogP contribution in [0.5, 0.6) is 0 Å². The Morgan fingerprint density at radius 3 is 2.88 bits per heavy atom. The molecule has 3 rings (SSSR count). The van der Waals surface area contributed by atoms with Gasteiger partial charge in [-0.05, 0) is 30.7 Å². The van der Waals surface area contributed by atoms with Crippen molar-refractivity contribution in [3.8, 4) is 0 Å². The number of nitrogens with one attached hydrogen (secondary N) is 1. The van der Waals surface area contributed by atoms with Crippen molar-refractivity contribution in [2.24, 2.45) is 0 Å². The van der Waals surface area contributed by atoms with E-state index in [2.05, 4.69) is 15.3 Å². The van der Waals surface area contributed by atoms with Gasteiger partial charge in [-0.3, -0.25) is 0 Å². The van der Waals surface area contributed by atoms with Crippen LogP contribution in [-0.2, 0) is 9.47 Å². The summed E-state index contributed by atoms with van der Waals surface area (Å²) in [5.74, 6) is -0.432. The number of ether oxygens (including phenoxy) is 2. The van der Waals surface area contributed by atoms with Gasteiger partial charge in [-0.1, -0.05) is 11.6 Å². The van der Waals surface area contributed by atoms with Crippen molar-refractivity contribution in [1.29, 1.82) is 0 Å². The Morgan fingerprint density at radius 2 is 2.15 bits per heavy atom. The van der Waals surface area contributed by atoms with E-state index in [1.54, 1.807) is 13.0 Å². The van der Waals surface area contributed by atoms with Crippen molar-refractivity contribution in [2.75, 3.05) is 25.6 Å². The predicted octanol–water partition coefficient (Wildman–Crippen LogP) is 4.34. The van der Waals surface area contributed by atoms with Crippen molar-refractivity contribution in [3.05, 3.63) is 45.8 Å². The molecule has 0 amide bonds. The molecule has 6 nitrogen and oxygen atoms in total. The minimum absolute atomic E-state index is 0.00440. The molecule has 0 bridgehead atoms. The fraction of sp³-hybridized carbons (Fsp3) is 0.235. The van der Waals surface area contributed by atoms with Crippen LogP contribution in [0.4, 0.5) is 15.9 Å². The Kier molecular flexibility index (Phi) is 5.65. The summed E-state index contributed by atoms with van der Waals surface area (Å²) in [5.41, 5.74) is 1.29. The number of benzene rings is 1. The van der Waals surface area contributed by atoms with Gasteiger partial charge in [-0.2, -0.15) is 0 Å². The predicted molar refractivity (Wildman–Crippen MR) is 99.0 cm³/mol. The Bertz CT molecular complexity index is 964. The topological polar surface area (TPSA) is 73.3 Å². The molecular weight excluding hydrogens is 381 g/mol. The van der Waals surface area contributed by atoms with Gasteiger partial charge >= 0.3 is 5.97 Å². The van der Waals surface area contributed by atoms with Crippen LogP contribution >= 0.6 is 22.9 Å². The maximum Gasteiger partial charge on any atom is 0.348 e. The number of esters is 1. The number of hydrogen-bond donors (Lipinski definition) is 1. The molecule has 0 radical (unpaired) electrons. The zero-order valence-corrected chi connectivity index (χ0v) is 15.6. The SMILES string of the molecule is COCCOC(=O)c1sc2ncnc(Nc3ccc(F)c(Cl)c3)c2c1C. The molecule has 3 aromatic rings. The summed E-state index contributed by atoms with van der Waals surface area (Å²) in [7, 11) is 1.54. The average molecular weight is 396 g/mol. The smallest absolute Gasteiger partial charge is 0.348 e. The average Bonchev–Trinajstić information content (AvgIpc) is 2.96. The van der Waals surface area contributed by atoms with Crippen LogP contribution in [0.3, 0.4) is 0 Å². The van der Waals surface area contributed by atoms with Gasteiger partial charge in [0.2, 0.25) is 0 Å². The minimum Gasteiger partial charge on any atom is -0.459 e. The van der Waals surface area contributed by atoms with Crippen LogP contribution in [0.15, 0.2) is 24.5 Å². The number of hydrogen-bond acceptors (Lipinski definition) is 7. The first-order valence-corrected chi connectivity index (χ1v) is 8.83. The minimum atomic E-state index is -0.502. The van der Waals surface area contributed by atoms with Crippen LogP contribution in [0.2, 0.25) is 5.02 Å². The van der Waals surface area contributed by atoms with Crippen LogP contribution in [0.1, 0.15) is 15.2 Å². The molecule has 1 N–H and O–H groups in total. The lowest BCUT2D eigenvalue weighted by molar-refractivity contribution is 0.0393. The van der Waals surface area contributed by atoms with E-state index >= 15 is 0 Å². The second-order valence-corrected chi connectivity index (χ2v) is 6.75. The van der Waals surface area contributed by atoms with Crippen molar-refractivity contribution in [2.45, 2.75) is 6.92 Å². The van der Waals surface area contributed by atoms with E-state index in [9.17, 15) is 9.18 Å². The second kappa shape index (κ2) is 7.94. The fourth-order valence-electron chi connectivity index (χ4n) is 2.35. The Morgan fingerprint density at radius 1 is 1.35 bits per heavy atom. The van der Waals surface area contributed by atoms with Crippen LogP contribution < -0.4 is 5.32 Å². The Labute approximate surface area is 157 Å². The number of aromatic nitrogens is 2. The number of carbonyl (C=O) groups is 1. The molecule has 0 atom stereocenters. The molecule has 136 valence electrons. The number of carbonyl (C=O) groups excluding carboxylic acids is 1. The van der Waals surface area contributed by atoms with Crippen LogP contribution in [-0.4, -0.2) is 36.3 Å². The quantitative estimate of drug-likeness (QED) is 0.494. The summed E-state index contributed by atoms with van der Waals surface area (Å²) in [6.45, 7) is 2.30. The lowest BCUT2D eigenvalue weighted by Gasteiger charge is -2.08. The van der Waals surface area contributed by atoms with Crippen LogP contribution in [0.25, 0.3) is 10.2 Å². The van der Waals surface area contributed by atoms with Crippen molar-refractivity contribution in [1.82, 2.24) is 9.97 Å².